The molecule has 0 aliphatic carbocycles. The highest BCUT2D eigenvalue weighted by Gasteiger charge is 2.15. The van der Waals surface area contributed by atoms with E-state index in [9.17, 15) is 4.79 Å². The second-order valence-electron chi connectivity index (χ2n) is 5.44. The largest absolute Gasteiger partial charge is 0.362 e. The molecular weight excluding hydrogens is 274 g/mol. The van der Waals surface area contributed by atoms with E-state index >= 15 is 0 Å². The van der Waals surface area contributed by atoms with Crippen molar-refractivity contribution >= 4 is 23.2 Å². The lowest BCUT2D eigenvalue weighted by atomic mass is 10.1. The van der Waals surface area contributed by atoms with Gasteiger partial charge in [-0.05, 0) is 24.1 Å². The molecule has 0 aromatic heterocycles. The summed E-state index contributed by atoms with van der Waals surface area (Å²) in [6, 6.07) is 6.47. The van der Waals surface area contributed by atoms with Gasteiger partial charge in [0.05, 0.1) is 6.54 Å². The summed E-state index contributed by atoms with van der Waals surface area (Å²) in [7, 11) is 0. The van der Waals surface area contributed by atoms with Crippen LogP contribution in [0.1, 0.15) is 25.8 Å². The smallest absolute Gasteiger partial charge is 0.239 e. The molecule has 2 N–H and O–H groups in total. The Hall–Kier alpha value is -1.26. The van der Waals surface area contributed by atoms with Gasteiger partial charge in [0.15, 0.2) is 0 Å². The average molecular weight is 296 g/mol. The number of amides is 1. The molecule has 2 rings (SSSR count). The van der Waals surface area contributed by atoms with Crippen LogP contribution in [0.25, 0.3) is 0 Å². The minimum absolute atomic E-state index is 0.0733. The first-order chi connectivity index (χ1) is 9.56. The van der Waals surface area contributed by atoms with Crippen molar-refractivity contribution in [2.75, 3.05) is 24.5 Å². The number of nitrogens with zero attached hydrogens (tertiary/aromatic N) is 1. The van der Waals surface area contributed by atoms with Crippen molar-refractivity contribution in [2.24, 2.45) is 0 Å². The van der Waals surface area contributed by atoms with E-state index < -0.39 is 0 Å². The number of hydrogen-bond acceptors (Lipinski definition) is 3. The third-order valence-electron chi connectivity index (χ3n) is 3.36. The molecule has 110 valence electrons. The summed E-state index contributed by atoms with van der Waals surface area (Å²) in [5.74, 6) is 0.0733. The first kappa shape index (κ1) is 15.1. The number of carbonyl (C=O) groups excluding carboxylic acids is 1. The van der Waals surface area contributed by atoms with Crippen LogP contribution in [0.15, 0.2) is 18.2 Å². The van der Waals surface area contributed by atoms with E-state index in [1.54, 1.807) is 0 Å². The van der Waals surface area contributed by atoms with Crippen LogP contribution in [-0.2, 0) is 11.3 Å². The molecule has 0 bridgehead atoms. The number of rotatable bonds is 4. The molecule has 1 fully saturated rings. The fourth-order valence-corrected chi connectivity index (χ4v) is 2.46. The van der Waals surface area contributed by atoms with Crippen LogP contribution in [0, 0.1) is 0 Å². The SMILES string of the molecule is CC(C)NCc1ccc(N2CCCNC(=O)C2)cc1Cl. The standard InChI is InChI=1S/C15H22ClN3O/c1-11(2)18-9-12-4-5-13(8-14(12)16)19-7-3-6-17-15(20)10-19/h4-5,8,11,18H,3,6-7,9-10H2,1-2H3,(H,17,20). The first-order valence-electron chi connectivity index (χ1n) is 7.09. The van der Waals surface area contributed by atoms with E-state index in [0.717, 1.165) is 42.3 Å². The zero-order valence-corrected chi connectivity index (χ0v) is 12.8. The second kappa shape index (κ2) is 6.95. The van der Waals surface area contributed by atoms with Gasteiger partial charge in [-0.2, -0.15) is 0 Å². The molecule has 1 aliphatic heterocycles. The zero-order chi connectivity index (χ0) is 14.5. The number of nitrogens with one attached hydrogen (secondary N) is 2. The maximum absolute atomic E-state index is 11.6. The second-order valence-corrected chi connectivity index (χ2v) is 5.84. The Balaban J connectivity index is 2.09. The molecule has 4 nitrogen and oxygen atoms in total. The molecule has 20 heavy (non-hydrogen) atoms. The van der Waals surface area contributed by atoms with E-state index in [-0.39, 0.29) is 5.91 Å². The van der Waals surface area contributed by atoms with Crippen molar-refractivity contribution in [1.82, 2.24) is 10.6 Å². The molecule has 5 heteroatoms. The van der Waals surface area contributed by atoms with Gasteiger partial charge in [-0.15, -0.1) is 0 Å². The molecule has 0 radical (unpaired) electrons. The lowest BCUT2D eigenvalue weighted by molar-refractivity contribution is -0.119. The van der Waals surface area contributed by atoms with E-state index in [4.69, 9.17) is 11.6 Å². The van der Waals surface area contributed by atoms with Gasteiger partial charge in [0.25, 0.3) is 0 Å². The Morgan fingerprint density at radius 3 is 2.95 bits per heavy atom. The quantitative estimate of drug-likeness (QED) is 0.895. The van der Waals surface area contributed by atoms with Gasteiger partial charge in [0.1, 0.15) is 0 Å². The van der Waals surface area contributed by atoms with Crippen LogP contribution in [0.3, 0.4) is 0 Å². The summed E-state index contributed by atoms with van der Waals surface area (Å²) in [5, 5.41) is 6.99. The Bertz CT molecular complexity index is 476. The monoisotopic (exact) mass is 295 g/mol. The van der Waals surface area contributed by atoms with Gasteiger partial charge in [-0.3, -0.25) is 4.79 Å². The highest BCUT2D eigenvalue weighted by atomic mass is 35.5. The van der Waals surface area contributed by atoms with Gasteiger partial charge < -0.3 is 15.5 Å². The maximum Gasteiger partial charge on any atom is 0.239 e. The minimum atomic E-state index is 0.0733. The van der Waals surface area contributed by atoms with Crippen molar-refractivity contribution in [2.45, 2.75) is 32.9 Å². The summed E-state index contributed by atoms with van der Waals surface area (Å²) < 4.78 is 0. The molecular formula is C15H22ClN3O. The Morgan fingerprint density at radius 1 is 1.45 bits per heavy atom. The van der Waals surface area contributed by atoms with Crippen molar-refractivity contribution < 1.29 is 4.79 Å². The Labute approximate surface area is 125 Å². The van der Waals surface area contributed by atoms with E-state index in [0.29, 0.717) is 12.6 Å². The molecule has 0 atom stereocenters. The van der Waals surface area contributed by atoms with Gasteiger partial charge in [0, 0.05) is 36.4 Å². The molecule has 0 saturated carbocycles. The lowest BCUT2D eigenvalue weighted by Gasteiger charge is -2.22. The lowest BCUT2D eigenvalue weighted by Crippen LogP contribution is -2.33. The van der Waals surface area contributed by atoms with E-state index in [1.807, 2.05) is 18.2 Å². The molecule has 0 unspecified atom stereocenters. The molecule has 1 saturated heterocycles. The highest BCUT2D eigenvalue weighted by Crippen LogP contribution is 2.24. The number of carbonyl (C=O) groups is 1. The van der Waals surface area contributed by atoms with Crippen LogP contribution in [0.2, 0.25) is 5.02 Å². The third-order valence-corrected chi connectivity index (χ3v) is 3.72. The fourth-order valence-electron chi connectivity index (χ4n) is 2.22. The van der Waals surface area contributed by atoms with Crippen molar-refractivity contribution in [3.8, 4) is 0 Å². The number of halogens is 1. The summed E-state index contributed by atoms with van der Waals surface area (Å²) in [4.78, 5) is 13.7. The van der Waals surface area contributed by atoms with Crippen molar-refractivity contribution in [3.05, 3.63) is 28.8 Å². The van der Waals surface area contributed by atoms with E-state index in [1.165, 1.54) is 0 Å². The number of benzene rings is 1. The normalized spacial score (nSPS) is 16.2. The summed E-state index contributed by atoms with van der Waals surface area (Å²) in [6.07, 6.45) is 0.958. The molecule has 0 spiro atoms. The van der Waals surface area contributed by atoms with E-state index in [2.05, 4.69) is 29.4 Å². The van der Waals surface area contributed by atoms with Gasteiger partial charge in [-0.25, -0.2) is 0 Å². The zero-order valence-electron chi connectivity index (χ0n) is 12.1. The molecule has 1 aromatic rings. The predicted octanol–water partition coefficient (Wildman–Crippen LogP) is 2.16. The minimum Gasteiger partial charge on any atom is -0.362 e. The highest BCUT2D eigenvalue weighted by molar-refractivity contribution is 6.31. The summed E-state index contributed by atoms with van der Waals surface area (Å²) in [5.41, 5.74) is 2.10. The molecule has 1 amide bonds. The van der Waals surface area contributed by atoms with Crippen LogP contribution in [-0.4, -0.2) is 31.6 Å². The summed E-state index contributed by atoms with van der Waals surface area (Å²) >= 11 is 6.34. The van der Waals surface area contributed by atoms with Gasteiger partial charge in [-0.1, -0.05) is 31.5 Å². The predicted molar refractivity (Wildman–Crippen MR) is 83.3 cm³/mol. The molecule has 1 aromatic carbocycles. The third kappa shape index (κ3) is 4.12. The average Bonchev–Trinajstić information content (AvgIpc) is 2.62. The topological polar surface area (TPSA) is 44.4 Å². The number of anilines is 1. The Morgan fingerprint density at radius 2 is 2.25 bits per heavy atom. The van der Waals surface area contributed by atoms with Crippen LogP contribution >= 0.6 is 11.6 Å². The fraction of sp³-hybridized carbons (Fsp3) is 0.533. The Kier molecular flexibility index (Phi) is 5.26. The van der Waals surface area contributed by atoms with Crippen molar-refractivity contribution in [1.29, 1.82) is 0 Å². The van der Waals surface area contributed by atoms with Gasteiger partial charge >= 0.3 is 0 Å². The number of hydrogen-bond donors (Lipinski definition) is 2. The van der Waals surface area contributed by atoms with Gasteiger partial charge in [0.2, 0.25) is 5.91 Å². The summed E-state index contributed by atoms with van der Waals surface area (Å²) in [6.45, 7) is 7.01. The first-order valence-corrected chi connectivity index (χ1v) is 7.47. The van der Waals surface area contributed by atoms with Crippen LogP contribution in [0.5, 0.6) is 0 Å². The van der Waals surface area contributed by atoms with Crippen LogP contribution in [0.4, 0.5) is 5.69 Å². The molecule has 1 aliphatic rings. The molecule has 1 heterocycles. The maximum atomic E-state index is 11.6. The van der Waals surface area contributed by atoms with Crippen LogP contribution < -0.4 is 15.5 Å². The van der Waals surface area contributed by atoms with Crippen molar-refractivity contribution in [3.63, 3.8) is 0 Å².